The normalized spacial score (nSPS) is 16.7. The predicted octanol–water partition coefficient (Wildman–Crippen LogP) is 5.05. The Morgan fingerprint density at radius 3 is 2.19 bits per heavy atom. The molecule has 0 saturated carbocycles. The highest BCUT2D eigenvalue weighted by Gasteiger charge is 2.16. The highest BCUT2D eigenvalue weighted by atomic mass is 31.1. The molecular weight excluding hydrogens is 230 g/mol. The topological polar surface area (TPSA) is 0 Å². The summed E-state index contributed by atoms with van der Waals surface area (Å²) in [5, 5.41) is 0. The summed E-state index contributed by atoms with van der Waals surface area (Å²) in [6, 6.07) is 0. The van der Waals surface area contributed by atoms with Crippen molar-refractivity contribution in [1.82, 2.24) is 0 Å². The zero-order valence-electron chi connectivity index (χ0n) is 11.1. The summed E-state index contributed by atoms with van der Waals surface area (Å²) in [4.78, 5) is 0. The van der Waals surface area contributed by atoms with Crippen molar-refractivity contribution in [2.24, 2.45) is 0 Å². The second kappa shape index (κ2) is 11.8. The minimum atomic E-state index is 0.962. The quantitative estimate of drug-likeness (QED) is 0.292. The molecule has 0 aliphatic rings. The predicted molar refractivity (Wildman–Crippen MR) is 84.2 cm³/mol. The minimum Gasteiger partial charge on any atom is -0.121 e. The van der Waals surface area contributed by atoms with E-state index in [0.29, 0.717) is 0 Å². The van der Waals surface area contributed by atoms with E-state index in [2.05, 4.69) is 45.1 Å². The Kier molecular flexibility index (Phi) is 12.1. The van der Waals surface area contributed by atoms with E-state index in [-0.39, 0.29) is 0 Å². The van der Waals surface area contributed by atoms with Crippen molar-refractivity contribution in [1.29, 1.82) is 0 Å². The van der Waals surface area contributed by atoms with Crippen LogP contribution in [0.5, 0.6) is 0 Å². The second-order valence-corrected chi connectivity index (χ2v) is 6.79. The molecule has 0 bridgehead atoms. The lowest BCUT2D eigenvalue weighted by molar-refractivity contribution is 0.644. The maximum Gasteiger partial charge on any atom is -0.0171 e. The van der Waals surface area contributed by atoms with Gasteiger partial charge in [-0.25, -0.2) is 0 Å². The van der Waals surface area contributed by atoms with Crippen LogP contribution in [0.25, 0.3) is 0 Å². The lowest BCUT2D eigenvalue weighted by atomic mass is 10.1. The number of hydrogen-bond acceptors (Lipinski definition) is 0. The van der Waals surface area contributed by atoms with E-state index in [1.807, 2.05) is 0 Å². The average Bonchev–Trinajstić information content (AvgIpc) is 2.31. The molecule has 0 nitrogen and oxygen atoms in total. The van der Waals surface area contributed by atoms with E-state index in [4.69, 9.17) is 0 Å². The number of rotatable bonds is 10. The van der Waals surface area contributed by atoms with E-state index < -0.39 is 0 Å². The van der Waals surface area contributed by atoms with Crippen LogP contribution < -0.4 is 0 Å². The van der Waals surface area contributed by atoms with Crippen LogP contribution in [0.15, 0.2) is 24.8 Å². The third-order valence-corrected chi connectivity index (χ3v) is 6.23. The highest BCUT2D eigenvalue weighted by molar-refractivity contribution is 7.42. The van der Waals surface area contributed by atoms with E-state index >= 15 is 0 Å². The van der Waals surface area contributed by atoms with Crippen LogP contribution >= 0.6 is 17.2 Å². The van der Waals surface area contributed by atoms with Gasteiger partial charge in [-0.1, -0.05) is 18.2 Å². The smallest absolute Gasteiger partial charge is 0.0171 e. The summed E-state index contributed by atoms with van der Waals surface area (Å²) in [6.45, 7) is 10.7. The molecule has 0 saturated heterocycles. The molecule has 0 radical (unpaired) electrons. The lowest BCUT2D eigenvalue weighted by Gasteiger charge is -2.24. The molecule has 0 aromatic heterocycles. The van der Waals surface area contributed by atoms with Gasteiger partial charge in [-0.3, -0.25) is 0 Å². The first-order valence-corrected chi connectivity index (χ1v) is 9.52. The van der Waals surface area contributed by atoms with E-state index in [0.717, 1.165) is 28.5 Å². The molecule has 0 N–H and O–H groups in total. The third-order valence-electron chi connectivity index (χ3n) is 3.03. The van der Waals surface area contributed by atoms with Gasteiger partial charge in [0.05, 0.1) is 0 Å². The maximum absolute atomic E-state index is 3.80. The molecule has 94 valence electrons. The van der Waals surface area contributed by atoms with Gasteiger partial charge in [-0.15, -0.1) is 23.7 Å². The maximum atomic E-state index is 3.80. The van der Waals surface area contributed by atoms with Crippen LogP contribution in [0.4, 0.5) is 0 Å². The molecule has 0 fully saturated rings. The van der Waals surface area contributed by atoms with Gasteiger partial charge >= 0.3 is 0 Å². The van der Waals surface area contributed by atoms with Gasteiger partial charge in [-0.2, -0.15) is 0 Å². The fraction of sp³-hybridized carbons (Fsp3) is 0.714. The van der Waals surface area contributed by atoms with Gasteiger partial charge in [0.25, 0.3) is 0 Å². The molecule has 0 spiro atoms. The second-order valence-electron chi connectivity index (χ2n) is 4.16. The summed E-state index contributed by atoms with van der Waals surface area (Å²) < 4.78 is 0. The van der Waals surface area contributed by atoms with Crippen LogP contribution in [0.3, 0.4) is 0 Å². The van der Waals surface area contributed by atoms with Gasteiger partial charge in [0, 0.05) is 0 Å². The van der Waals surface area contributed by atoms with Crippen molar-refractivity contribution < 1.29 is 0 Å². The van der Waals surface area contributed by atoms with Crippen LogP contribution in [-0.4, -0.2) is 24.6 Å². The molecule has 2 heteroatoms. The van der Waals surface area contributed by atoms with Gasteiger partial charge in [0.15, 0.2) is 0 Å². The van der Waals surface area contributed by atoms with Crippen LogP contribution in [0, 0.1) is 0 Å². The van der Waals surface area contributed by atoms with Crippen molar-refractivity contribution in [3.63, 3.8) is 0 Å². The van der Waals surface area contributed by atoms with Gasteiger partial charge in [-0.05, 0) is 63.7 Å². The number of hydrogen-bond donors (Lipinski definition) is 0. The molecule has 4 atom stereocenters. The molecule has 4 unspecified atom stereocenters. The van der Waals surface area contributed by atoms with Crippen molar-refractivity contribution in [3.05, 3.63) is 24.8 Å². The molecule has 0 heterocycles. The monoisotopic (exact) mass is 258 g/mol. The first kappa shape index (κ1) is 16.3. The van der Waals surface area contributed by atoms with Crippen molar-refractivity contribution >= 4 is 17.2 Å². The molecule has 0 rings (SSSR count). The Hall–Kier alpha value is 0.340. The Balaban J connectivity index is 3.99. The van der Waals surface area contributed by atoms with Crippen molar-refractivity contribution in [2.75, 3.05) is 13.3 Å². The number of unbranched alkanes of at least 4 members (excludes halogenated alkanes) is 1. The Bertz CT molecular complexity index is 187. The largest absolute Gasteiger partial charge is 0.121 e. The van der Waals surface area contributed by atoms with Crippen molar-refractivity contribution in [3.8, 4) is 0 Å². The summed E-state index contributed by atoms with van der Waals surface area (Å²) in [5.74, 6) is 0. The molecule has 0 aliphatic heterocycles. The van der Waals surface area contributed by atoms with Gasteiger partial charge < -0.3 is 0 Å². The molecular formula is C14H28P2. The fourth-order valence-corrected chi connectivity index (χ4v) is 5.10. The zero-order chi connectivity index (χ0) is 12.2. The van der Waals surface area contributed by atoms with E-state index in [9.17, 15) is 0 Å². The first-order valence-electron chi connectivity index (χ1n) is 6.36. The molecule has 16 heavy (non-hydrogen) atoms. The Labute approximate surface area is 106 Å². The van der Waals surface area contributed by atoms with Crippen LogP contribution in [-0.2, 0) is 0 Å². The Morgan fingerprint density at radius 1 is 1.06 bits per heavy atom. The van der Waals surface area contributed by atoms with Crippen LogP contribution in [0.2, 0.25) is 0 Å². The third kappa shape index (κ3) is 7.59. The fourth-order valence-electron chi connectivity index (χ4n) is 2.02. The highest BCUT2D eigenvalue weighted by Crippen LogP contribution is 2.35. The van der Waals surface area contributed by atoms with E-state index in [1.54, 1.807) is 0 Å². The molecule has 0 aliphatic carbocycles. The minimum absolute atomic E-state index is 0.962. The lowest BCUT2D eigenvalue weighted by Crippen LogP contribution is -2.17. The SMILES string of the molecule is C=CCCCC(PC)C(CCC=CC)PC. The van der Waals surface area contributed by atoms with Gasteiger partial charge in [0.2, 0.25) is 0 Å². The van der Waals surface area contributed by atoms with Gasteiger partial charge in [0.1, 0.15) is 0 Å². The zero-order valence-corrected chi connectivity index (χ0v) is 13.1. The molecule has 0 aromatic carbocycles. The summed E-state index contributed by atoms with van der Waals surface area (Å²) in [6.07, 6.45) is 13.1. The standard InChI is InChI=1S/C14H28P2/c1-5-7-9-11-13(15-3)14(16-4)12-10-8-6-2/h5-6,8,13-16H,1,7,9-12H2,2-4H3. The molecule has 0 aromatic rings. The molecule has 0 amide bonds. The van der Waals surface area contributed by atoms with E-state index in [1.165, 1.54) is 32.1 Å². The van der Waals surface area contributed by atoms with Crippen molar-refractivity contribution in [2.45, 2.75) is 50.3 Å². The summed E-state index contributed by atoms with van der Waals surface area (Å²) >= 11 is 0. The summed E-state index contributed by atoms with van der Waals surface area (Å²) in [5.41, 5.74) is 1.93. The summed E-state index contributed by atoms with van der Waals surface area (Å²) in [7, 11) is 2.21. The number of allylic oxidation sites excluding steroid dienone is 3. The van der Waals surface area contributed by atoms with Crippen LogP contribution in [0.1, 0.15) is 39.0 Å². The first-order chi connectivity index (χ1) is 7.79. The Morgan fingerprint density at radius 2 is 1.69 bits per heavy atom. The average molecular weight is 258 g/mol.